The first-order chi connectivity index (χ1) is 16.7. The van der Waals surface area contributed by atoms with Crippen LogP contribution in [0.3, 0.4) is 0 Å². The van der Waals surface area contributed by atoms with Crippen molar-refractivity contribution in [1.29, 1.82) is 0 Å². The quantitative estimate of drug-likeness (QED) is 0.359. The van der Waals surface area contributed by atoms with E-state index in [1.54, 1.807) is 30.2 Å². The maximum absolute atomic E-state index is 12.8. The van der Waals surface area contributed by atoms with Gasteiger partial charge in [0.2, 0.25) is 0 Å². The number of nitrogens with zero attached hydrogens (tertiary/aromatic N) is 5. The van der Waals surface area contributed by atoms with Gasteiger partial charge in [-0.3, -0.25) is 4.79 Å². The van der Waals surface area contributed by atoms with Crippen molar-refractivity contribution < 1.29 is 9.53 Å². The molecule has 1 amide bonds. The van der Waals surface area contributed by atoms with E-state index in [-0.39, 0.29) is 5.91 Å². The molecule has 0 saturated heterocycles. The van der Waals surface area contributed by atoms with Crippen molar-refractivity contribution in [3.05, 3.63) is 91.1 Å². The molecule has 0 unspecified atom stereocenters. The number of fused-ring (bicyclic) bond motifs is 1. The van der Waals surface area contributed by atoms with Crippen molar-refractivity contribution in [2.45, 2.75) is 13.0 Å². The number of aryl methyl sites for hydroxylation is 1. The highest BCUT2D eigenvalue weighted by Crippen LogP contribution is 2.28. The van der Waals surface area contributed by atoms with Crippen molar-refractivity contribution in [2.24, 2.45) is 0 Å². The third-order valence-corrected chi connectivity index (χ3v) is 5.55. The lowest BCUT2D eigenvalue weighted by molar-refractivity contribution is 0.0947. The van der Waals surface area contributed by atoms with Crippen LogP contribution in [0.25, 0.3) is 28.2 Å². The Morgan fingerprint density at radius 3 is 2.59 bits per heavy atom. The van der Waals surface area contributed by atoms with Crippen LogP contribution in [-0.2, 0) is 6.54 Å². The van der Waals surface area contributed by atoms with Crippen LogP contribution in [0.2, 0.25) is 0 Å². The van der Waals surface area contributed by atoms with Gasteiger partial charge in [0, 0.05) is 42.7 Å². The zero-order valence-electron chi connectivity index (χ0n) is 18.8. The Hall–Kier alpha value is -4.46. The normalized spacial score (nSPS) is 11.0. The molecule has 0 saturated carbocycles. The summed E-state index contributed by atoms with van der Waals surface area (Å²) >= 11 is 0. The van der Waals surface area contributed by atoms with Crippen LogP contribution in [0.1, 0.15) is 16.9 Å². The van der Waals surface area contributed by atoms with Gasteiger partial charge in [-0.05, 0) is 36.8 Å². The minimum Gasteiger partial charge on any atom is -0.497 e. The number of carbonyl (C=O) groups is 1. The minimum atomic E-state index is -0.224. The fourth-order valence-electron chi connectivity index (χ4n) is 3.78. The summed E-state index contributed by atoms with van der Waals surface area (Å²) in [5, 5.41) is 7.54. The highest BCUT2D eigenvalue weighted by Gasteiger charge is 2.16. The van der Waals surface area contributed by atoms with Crippen molar-refractivity contribution in [3.63, 3.8) is 0 Å². The van der Waals surface area contributed by atoms with E-state index in [2.05, 4.69) is 15.4 Å². The van der Waals surface area contributed by atoms with Crippen molar-refractivity contribution >= 4 is 11.6 Å². The number of hydrogen-bond donors (Lipinski definition) is 1. The van der Waals surface area contributed by atoms with E-state index in [0.717, 1.165) is 41.2 Å². The lowest BCUT2D eigenvalue weighted by Gasteiger charge is -2.09. The highest BCUT2D eigenvalue weighted by atomic mass is 16.5. The molecular formula is C26H24N6O2. The molecule has 3 aromatic heterocycles. The second kappa shape index (κ2) is 9.58. The van der Waals surface area contributed by atoms with Gasteiger partial charge in [0.1, 0.15) is 5.75 Å². The molecular weight excluding hydrogens is 428 g/mol. The number of rotatable bonds is 8. The Bertz CT molecular complexity index is 1390. The Kier molecular flexibility index (Phi) is 6.03. The maximum atomic E-state index is 12.8. The molecule has 170 valence electrons. The number of benzene rings is 2. The summed E-state index contributed by atoms with van der Waals surface area (Å²) < 4.78 is 9.00. The molecule has 5 aromatic rings. The first-order valence-electron chi connectivity index (χ1n) is 11.1. The second-order valence-electron chi connectivity index (χ2n) is 7.83. The number of imidazole rings is 1. The average Bonchev–Trinajstić information content (AvgIpc) is 3.56. The molecule has 0 fully saturated rings. The Balaban J connectivity index is 1.45. The number of nitrogens with one attached hydrogen (secondary N) is 1. The molecule has 0 aliphatic carbocycles. The van der Waals surface area contributed by atoms with E-state index in [4.69, 9.17) is 9.72 Å². The summed E-state index contributed by atoms with van der Waals surface area (Å²) in [5.41, 5.74) is 4.52. The van der Waals surface area contributed by atoms with Gasteiger partial charge < -0.3 is 14.6 Å². The molecule has 0 spiro atoms. The summed E-state index contributed by atoms with van der Waals surface area (Å²) in [5.74, 6) is 0.548. The second-order valence-corrected chi connectivity index (χ2v) is 7.83. The van der Waals surface area contributed by atoms with Gasteiger partial charge in [-0.25, -0.2) is 14.5 Å². The maximum Gasteiger partial charge on any atom is 0.271 e. The van der Waals surface area contributed by atoms with Gasteiger partial charge in [0.25, 0.3) is 5.91 Å². The minimum absolute atomic E-state index is 0.224. The van der Waals surface area contributed by atoms with E-state index in [9.17, 15) is 4.79 Å². The van der Waals surface area contributed by atoms with Gasteiger partial charge in [-0.15, -0.1) is 0 Å². The summed E-state index contributed by atoms with van der Waals surface area (Å²) in [4.78, 5) is 21.6. The highest BCUT2D eigenvalue weighted by molar-refractivity contribution is 5.93. The van der Waals surface area contributed by atoms with Crippen LogP contribution in [0.5, 0.6) is 5.75 Å². The molecule has 8 nitrogen and oxygen atoms in total. The van der Waals surface area contributed by atoms with E-state index in [0.29, 0.717) is 17.9 Å². The average molecular weight is 453 g/mol. The van der Waals surface area contributed by atoms with Crippen LogP contribution >= 0.6 is 0 Å². The molecule has 2 aromatic carbocycles. The van der Waals surface area contributed by atoms with Gasteiger partial charge in [-0.2, -0.15) is 5.10 Å². The number of ether oxygens (including phenoxy) is 1. The third kappa shape index (κ3) is 4.52. The predicted octanol–water partition coefficient (Wildman–Crippen LogP) is 4.09. The number of methoxy groups -OCH3 is 1. The molecule has 5 rings (SSSR count). The molecule has 1 N–H and O–H groups in total. The van der Waals surface area contributed by atoms with E-state index in [1.807, 2.05) is 71.4 Å². The molecule has 8 heteroatoms. The lowest BCUT2D eigenvalue weighted by Crippen LogP contribution is -2.25. The Labute approximate surface area is 196 Å². The van der Waals surface area contributed by atoms with Gasteiger partial charge in [0.05, 0.1) is 24.8 Å². The first kappa shape index (κ1) is 21.4. The van der Waals surface area contributed by atoms with Crippen LogP contribution < -0.4 is 10.1 Å². The van der Waals surface area contributed by atoms with Gasteiger partial charge in [0.15, 0.2) is 11.3 Å². The monoisotopic (exact) mass is 452 g/mol. The molecule has 34 heavy (non-hydrogen) atoms. The zero-order chi connectivity index (χ0) is 23.3. The van der Waals surface area contributed by atoms with Crippen molar-refractivity contribution in [2.75, 3.05) is 13.7 Å². The molecule has 0 bridgehead atoms. The van der Waals surface area contributed by atoms with Crippen LogP contribution in [0, 0.1) is 0 Å². The number of hydrogen-bond acceptors (Lipinski definition) is 5. The number of amides is 1. The fraction of sp³-hybridized carbons (Fsp3) is 0.154. The van der Waals surface area contributed by atoms with E-state index < -0.39 is 0 Å². The van der Waals surface area contributed by atoms with Crippen molar-refractivity contribution in [1.82, 2.24) is 29.5 Å². The summed E-state index contributed by atoms with van der Waals surface area (Å²) in [6.45, 7) is 1.33. The lowest BCUT2D eigenvalue weighted by atomic mass is 10.1. The fourth-order valence-corrected chi connectivity index (χ4v) is 3.78. The number of carbonyl (C=O) groups excluding carboxylic acids is 1. The molecule has 0 aliphatic rings. The van der Waals surface area contributed by atoms with Gasteiger partial charge in [-0.1, -0.05) is 30.3 Å². The van der Waals surface area contributed by atoms with Gasteiger partial charge >= 0.3 is 0 Å². The standard InChI is InChI=1S/C26H24N6O2/c1-34-21-10-8-20(9-11-21)24-16-22(19-6-3-2-4-7-19)29-25-17-23(30-32(24)25)26(33)28-12-5-14-31-15-13-27-18-31/h2-4,6-11,13,15-18H,5,12,14H2,1H3,(H,28,33). The van der Waals surface area contributed by atoms with E-state index in [1.165, 1.54) is 0 Å². The SMILES string of the molecule is COc1ccc(-c2cc(-c3ccccc3)nc3cc(C(=O)NCCCn4ccnc4)nn23)cc1. The Morgan fingerprint density at radius 2 is 1.85 bits per heavy atom. The number of aromatic nitrogens is 5. The Morgan fingerprint density at radius 1 is 1.03 bits per heavy atom. The molecule has 0 atom stereocenters. The van der Waals surface area contributed by atoms with Crippen molar-refractivity contribution in [3.8, 4) is 28.3 Å². The predicted molar refractivity (Wildman–Crippen MR) is 130 cm³/mol. The largest absolute Gasteiger partial charge is 0.497 e. The van der Waals surface area contributed by atoms with Crippen LogP contribution in [0.15, 0.2) is 85.5 Å². The summed E-state index contributed by atoms with van der Waals surface area (Å²) in [6.07, 6.45) is 6.20. The topological polar surface area (TPSA) is 86.3 Å². The summed E-state index contributed by atoms with van der Waals surface area (Å²) in [6, 6.07) is 21.4. The smallest absolute Gasteiger partial charge is 0.271 e. The molecule has 0 radical (unpaired) electrons. The third-order valence-electron chi connectivity index (χ3n) is 5.55. The zero-order valence-corrected chi connectivity index (χ0v) is 18.8. The van der Waals surface area contributed by atoms with Crippen LogP contribution in [-0.4, -0.2) is 43.7 Å². The van der Waals surface area contributed by atoms with Crippen LogP contribution in [0.4, 0.5) is 0 Å². The molecule has 0 aliphatic heterocycles. The van der Waals surface area contributed by atoms with E-state index >= 15 is 0 Å². The summed E-state index contributed by atoms with van der Waals surface area (Å²) in [7, 11) is 1.64. The molecule has 3 heterocycles. The first-order valence-corrected chi connectivity index (χ1v) is 11.1.